The molecule has 0 saturated carbocycles. The summed E-state index contributed by atoms with van der Waals surface area (Å²) < 4.78 is 0. The van der Waals surface area contributed by atoms with E-state index in [1.54, 1.807) is 0 Å². The van der Waals surface area contributed by atoms with Crippen LogP contribution >= 0.6 is 0 Å². The van der Waals surface area contributed by atoms with Gasteiger partial charge in [0, 0.05) is 17.6 Å². The maximum absolute atomic E-state index is 3.74. The van der Waals surface area contributed by atoms with E-state index in [1.165, 1.54) is 38.4 Å². The minimum absolute atomic E-state index is 0.950. The Labute approximate surface area is 162 Å². The van der Waals surface area contributed by atoms with Crippen LogP contribution in [0.1, 0.15) is 25.0 Å². The van der Waals surface area contributed by atoms with Gasteiger partial charge in [-0.3, -0.25) is 0 Å². The average molecular weight is 354 g/mol. The van der Waals surface area contributed by atoms with E-state index in [0.29, 0.717) is 0 Å². The molecular weight excluding hydrogens is 326 g/mol. The lowest BCUT2D eigenvalue weighted by Gasteiger charge is -2.09. The second kappa shape index (κ2) is 9.05. The minimum Gasteiger partial charge on any atom is -0.385 e. The Morgan fingerprint density at radius 2 is 1.48 bits per heavy atom. The number of rotatable bonds is 4. The highest BCUT2D eigenvalue weighted by Gasteiger charge is 2.03. The Hall–Kier alpha value is -3.06. The van der Waals surface area contributed by atoms with Gasteiger partial charge in [0.15, 0.2) is 0 Å². The summed E-state index contributed by atoms with van der Waals surface area (Å²) in [6.45, 7) is 8.97. The van der Waals surface area contributed by atoms with Crippen molar-refractivity contribution in [1.29, 1.82) is 0 Å². The fraction of sp³-hybridized carbons (Fsp3) is 0.154. The van der Waals surface area contributed by atoms with Gasteiger partial charge in [0.2, 0.25) is 0 Å². The van der Waals surface area contributed by atoms with E-state index < -0.39 is 0 Å². The number of hydrogen-bond acceptors (Lipinski definition) is 1. The first-order valence-electron chi connectivity index (χ1n) is 9.63. The van der Waals surface area contributed by atoms with E-state index >= 15 is 0 Å². The van der Waals surface area contributed by atoms with Crippen molar-refractivity contribution in [2.24, 2.45) is 0 Å². The SMILES string of the molecule is C=Cc1ccccc1CC.CCNc1cccc2c1ccc1ccccc12. The van der Waals surface area contributed by atoms with Crippen LogP contribution in [0.5, 0.6) is 0 Å². The quantitative estimate of drug-likeness (QED) is 0.379. The molecule has 4 aromatic rings. The highest BCUT2D eigenvalue weighted by Crippen LogP contribution is 2.29. The fourth-order valence-corrected chi connectivity index (χ4v) is 3.44. The van der Waals surface area contributed by atoms with Gasteiger partial charge >= 0.3 is 0 Å². The molecule has 0 unspecified atom stereocenters. The molecule has 0 fully saturated rings. The van der Waals surface area contributed by atoms with E-state index in [9.17, 15) is 0 Å². The van der Waals surface area contributed by atoms with E-state index in [0.717, 1.165) is 13.0 Å². The van der Waals surface area contributed by atoms with E-state index in [4.69, 9.17) is 0 Å². The van der Waals surface area contributed by atoms with Crippen molar-refractivity contribution >= 4 is 33.3 Å². The Morgan fingerprint density at radius 1 is 0.741 bits per heavy atom. The lowest BCUT2D eigenvalue weighted by molar-refractivity contribution is 1.13. The smallest absolute Gasteiger partial charge is 0.0419 e. The summed E-state index contributed by atoms with van der Waals surface area (Å²) in [5.74, 6) is 0. The zero-order valence-corrected chi connectivity index (χ0v) is 16.2. The van der Waals surface area contributed by atoms with Crippen LogP contribution in [0.4, 0.5) is 5.69 Å². The topological polar surface area (TPSA) is 12.0 Å². The van der Waals surface area contributed by atoms with Crippen molar-refractivity contribution in [1.82, 2.24) is 0 Å². The monoisotopic (exact) mass is 353 g/mol. The standard InChI is InChI=1S/C16H15N.C10H12/c1-2-17-16-9-5-8-14-13-7-4-3-6-12(13)10-11-15(14)16;1-3-9-7-5-6-8-10(9)4-2/h3-11,17H,2H2,1H3;3,5-8H,1,4H2,2H3. The summed E-state index contributed by atoms with van der Waals surface area (Å²) in [6.07, 6.45) is 2.99. The molecule has 0 aliphatic heterocycles. The molecule has 0 saturated heterocycles. The average Bonchev–Trinajstić information content (AvgIpc) is 2.74. The Bertz CT molecular complexity index is 1050. The van der Waals surface area contributed by atoms with Gasteiger partial charge in [0.25, 0.3) is 0 Å². The lowest BCUT2D eigenvalue weighted by atomic mass is 10.0. The zero-order valence-electron chi connectivity index (χ0n) is 16.2. The van der Waals surface area contributed by atoms with Crippen molar-refractivity contribution in [3.8, 4) is 0 Å². The van der Waals surface area contributed by atoms with Crippen molar-refractivity contribution in [3.05, 3.63) is 96.6 Å². The first-order chi connectivity index (χ1) is 13.3. The van der Waals surface area contributed by atoms with Crippen molar-refractivity contribution < 1.29 is 0 Å². The molecule has 0 heterocycles. The molecule has 4 rings (SSSR count). The molecule has 0 radical (unpaired) electrons. The van der Waals surface area contributed by atoms with Crippen LogP contribution < -0.4 is 5.32 Å². The normalized spacial score (nSPS) is 10.3. The fourth-order valence-electron chi connectivity index (χ4n) is 3.44. The molecule has 0 spiro atoms. The molecule has 1 nitrogen and oxygen atoms in total. The van der Waals surface area contributed by atoms with E-state index in [2.05, 4.69) is 98.5 Å². The third-order valence-corrected chi connectivity index (χ3v) is 4.81. The van der Waals surface area contributed by atoms with Gasteiger partial charge in [-0.25, -0.2) is 0 Å². The van der Waals surface area contributed by atoms with Crippen LogP contribution in [0.15, 0.2) is 85.4 Å². The third-order valence-electron chi connectivity index (χ3n) is 4.81. The van der Waals surface area contributed by atoms with E-state index in [1.807, 2.05) is 12.1 Å². The Kier molecular flexibility index (Phi) is 6.27. The van der Waals surface area contributed by atoms with Crippen LogP contribution in [0.3, 0.4) is 0 Å². The molecule has 0 aliphatic rings. The Morgan fingerprint density at radius 3 is 2.22 bits per heavy atom. The van der Waals surface area contributed by atoms with Crippen molar-refractivity contribution in [3.63, 3.8) is 0 Å². The highest BCUT2D eigenvalue weighted by molar-refractivity contribution is 6.11. The summed E-state index contributed by atoms with van der Waals surface area (Å²) in [6, 6.07) is 27.7. The molecule has 0 atom stereocenters. The molecule has 27 heavy (non-hydrogen) atoms. The van der Waals surface area contributed by atoms with Crippen LogP contribution in [-0.2, 0) is 6.42 Å². The predicted octanol–water partition coefficient (Wildman–Crippen LogP) is 7.32. The second-order valence-electron chi connectivity index (χ2n) is 6.47. The number of fused-ring (bicyclic) bond motifs is 3. The molecular formula is C26H27N. The number of aryl methyl sites for hydroxylation is 1. The van der Waals surface area contributed by atoms with Gasteiger partial charge in [0.1, 0.15) is 0 Å². The Balaban J connectivity index is 0.000000180. The largest absolute Gasteiger partial charge is 0.385 e. The maximum atomic E-state index is 3.74. The summed E-state index contributed by atoms with van der Waals surface area (Å²) in [7, 11) is 0. The predicted molar refractivity (Wildman–Crippen MR) is 122 cm³/mol. The molecule has 136 valence electrons. The summed E-state index contributed by atoms with van der Waals surface area (Å²) in [5.41, 5.74) is 3.85. The van der Waals surface area contributed by atoms with Gasteiger partial charge in [-0.1, -0.05) is 92.4 Å². The summed E-state index contributed by atoms with van der Waals surface area (Å²) in [5, 5.41) is 8.66. The molecule has 0 aromatic heterocycles. The second-order valence-corrected chi connectivity index (χ2v) is 6.47. The van der Waals surface area contributed by atoms with Gasteiger partial charge in [-0.15, -0.1) is 0 Å². The number of hydrogen-bond donors (Lipinski definition) is 1. The first-order valence-corrected chi connectivity index (χ1v) is 9.63. The number of benzene rings is 4. The number of anilines is 1. The summed E-state index contributed by atoms with van der Waals surface area (Å²) in [4.78, 5) is 0. The van der Waals surface area contributed by atoms with Gasteiger partial charge in [-0.2, -0.15) is 0 Å². The van der Waals surface area contributed by atoms with Crippen molar-refractivity contribution in [2.45, 2.75) is 20.3 Å². The highest BCUT2D eigenvalue weighted by atomic mass is 14.9. The van der Waals surface area contributed by atoms with Gasteiger partial charge in [0.05, 0.1) is 0 Å². The van der Waals surface area contributed by atoms with E-state index in [-0.39, 0.29) is 0 Å². The molecule has 0 aliphatic carbocycles. The van der Waals surface area contributed by atoms with Crippen LogP contribution in [0.25, 0.3) is 27.6 Å². The molecule has 1 heteroatoms. The molecule has 4 aromatic carbocycles. The molecule has 1 N–H and O–H groups in total. The lowest BCUT2D eigenvalue weighted by Crippen LogP contribution is -1.96. The maximum Gasteiger partial charge on any atom is 0.0419 e. The number of nitrogens with one attached hydrogen (secondary N) is 1. The zero-order chi connectivity index (χ0) is 19.1. The molecule has 0 amide bonds. The van der Waals surface area contributed by atoms with Crippen LogP contribution in [0, 0.1) is 0 Å². The summed E-state index contributed by atoms with van der Waals surface area (Å²) >= 11 is 0. The van der Waals surface area contributed by atoms with Crippen molar-refractivity contribution in [2.75, 3.05) is 11.9 Å². The van der Waals surface area contributed by atoms with Gasteiger partial charge in [-0.05, 0) is 46.7 Å². The minimum atomic E-state index is 0.950. The van der Waals surface area contributed by atoms with Crippen LogP contribution in [0.2, 0.25) is 0 Å². The first kappa shape index (κ1) is 18.7. The third kappa shape index (κ3) is 4.20. The van der Waals surface area contributed by atoms with Crippen LogP contribution in [-0.4, -0.2) is 6.54 Å². The van der Waals surface area contributed by atoms with Gasteiger partial charge < -0.3 is 5.32 Å². The molecule has 0 bridgehead atoms.